The summed E-state index contributed by atoms with van der Waals surface area (Å²) in [6.45, 7) is 4.36. The van der Waals surface area contributed by atoms with E-state index in [1.165, 1.54) is 15.9 Å². The first kappa shape index (κ1) is 33.7. The molecule has 1 aromatic carbocycles. The van der Waals surface area contributed by atoms with Crippen molar-refractivity contribution >= 4 is 34.7 Å². The third kappa shape index (κ3) is 9.67. The summed E-state index contributed by atoms with van der Waals surface area (Å²) >= 11 is 0. The smallest absolute Gasteiger partial charge is 0.409 e. The highest BCUT2D eigenvalue weighted by atomic mass is 19.4. The van der Waals surface area contributed by atoms with Gasteiger partial charge >= 0.3 is 12.3 Å². The Hall–Kier alpha value is -4.14. The highest BCUT2D eigenvalue weighted by molar-refractivity contribution is 5.98. The lowest BCUT2D eigenvalue weighted by molar-refractivity contribution is -0.152. The van der Waals surface area contributed by atoms with Crippen molar-refractivity contribution in [3.63, 3.8) is 0 Å². The summed E-state index contributed by atoms with van der Waals surface area (Å²) < 4.78 is 49.1. The summed E-state index contributed by atoms with van der Waals surface area (Å²) in [7, 11) is 0. The molecule has 0 spiro atoms. The predicted molar refractivity (Wildman–Crippen MR) is 158 cm³/mol. The second-order valence-corrected chi connectivity index (χ2v) is 11.1. The van der Waals surface area contributed by atoms with Gasteiger partial charge in [-0.1, -0.05) is 19.4 Å². The van der Waals surface area contributed by atoms with Crippen molar-refractivity contribution in [3.05, 3.63) is 35.5 Å². The molecule has 12 nitrogen and oxygen atoms in total. The third-order valence-electron chi connectivity index (χ3n) is 7.65. The van der Waals surface area contributed by atoms with Crippen LogP contribution in [0.2, 0.25) is 0 Å². The highest BCUT2D eigenvalue weighted by Crippen LogP contribution is 2.27. The number of hydrogen-bond acceptors (Lipinski definition) is 8. The van der Waals surface area contributed by atoms with Crippen LogP contribution in [0, 0.1) is 6.92 Å². The number of alkyl halides is 3. The van der Waals surface area contributed by atoms with Crippen LogP contribution in [0.5, 0.6) is 5.75 Å². The summed E-state index contributed by atoms with van der Waals surface area (Å²) in [5.74, 6) is -1.06. The number of ether oxygens (including phenoxy) is 2. The predicted octanol–water partition coefficient (Wildman–Crippen LogP) is 2.44. The van der Waals surface area contributed by atoms with Gasteiger partial charge in [-0.05, 0) is 31.0 Å². The van der Waals surface area contributed by atoms with E-state index in [0.29, 0.717) is 43.7 Å². The fraction of sp³-hybridized carbons (Fsp3) is 0.567. The van der Waals surface area contributed by atoms with Crippen LogP contribution >= 0.6 is 0 Å². The number of unbranched alkanes of at least 4 members (excludes halogenated alkanes) is 1. The summed E-state index contributed by atoms with van der Waals surface area (Å²) in [6.07, 6.45) is -2.99. The zero-order valence-electron chi connectivity index (χ0n) is 25.5. The molecule has 0 radical (unpaired) electrons. The minimum Gasteiger partial charge on any atom is -0.483 e. The number of benzene rings is 1. The lowest BCUT2D eigenvalue weighted by Gasteiger charge is -2.34. The summed E-state index contributed by atoms with van der Waals surface area (Å²) in [6, 6.07) is 6.76. The second-order valence-electron chi connectivity index (χ2n) is 11.1. The molecule has 15 heteroatoms. The van der Waals surface area contributed by atoms with Gasteiger partial charge in [0.25, 0.3) is 11.8 Å². The maximum absolute atomic E-state index is 13.1. The van der Waals surface area contributed by atoms with Crippen molar-refractivity contribution in [2.75, 3.05) is 78.7 Å². The van der Waals surface area contributed by atoms with E-state index in [9.17, 15) is 32.3 Å². The van der Waals surface area contributed by atoms with Crippen LogP contribution in [-0.2, 0) is 14.3 Å². The molecule has 4 rings (SSSR count). The van der Waals surface area contributed by atoms with Crippen LogP contribution in [0.3, 0.4) is 0 Å². The van der Waals surface area contributed by atoms with Gasteiger partial charge in [0, 0.05) is 63.8 Å². The number of rotatable bonds is 10. The summed E-state index contributed by atoms with van der Waals surface area (Å²) in [5, 5.41) is 3.17. The molecule has 0 atom stereocenters. The molecule has 45 heavy (non-hydrogen) atoms. The van der Waals surface area contributed by atoms with Gasteiger partial charge < -0.3 is 29.5 Å². The first-order valence-electron chi connectivity index (χ1n) is 15.0. The SMILES string of the molecule is CCCCOC(=O)N1CCN(C(=O)CNC(=O)c2cc(OCC(=O)N3CCN(CC(F)(F)F)CC3)c3ccc(C)cc3n2)CC1. The van der Waals surface area contributed by atoms with Crippen LogP contribution < -0.4 is 10.1 Å². The van der Waals surface area contributed by atoms with Crippen LogP contribution in [0.4, 0.5) is 18.0 Å². The molecule has 4 amide bonds. The largest absolute Gasteiger partial charge is 0.483 e. The number of pyridine rings is 1. The van der Waals surface area contributed by atoms with Crippen LogP contribution in [0.25, 0.3) is 10.9 Å². The van der Waals surface area contributed by atoms with Gasteiger partial charge in [-0.15, -0.1) is 0 Å². The van der Waals surface area contributed by atoms with Gasteiger partial charge in [0.1, 0.15) is 11.4 Å². The Morgan fingerprint density at radius 2 is 1.56 bits per heavy atom. The molecule has 2 aliphatic heterocycles. The summed E-state index contributed by atoms with van der Waals surface area (Å²) in [4.78, 5) is 61.1. The van der Waals surface area contributed by atoms with Crippen molar-refractivity contribution < 1.29 is 41.8 Å². The number of carbonyl (C=O) groups is 4. The number of amides is 4. The first-order chi connectivity index (χ1) is 21.4. The van der Waals surface area contributed by atoms with Crippen molar-refractivity contribution in [1.82, 2.24) is 29.9 Å². The van der Waals surface area contributed by atoms with Crippen LogP contribution in [0.1, 0.15) is 35.8 Å². The Morgan fingerprint density at radius 1 is 0.911 bits per heavy atom. The van der Waals surface area contributed by atoms with E-state index in [1.807, 2.05) is 19.9 Å². The molecule has 1 N–H and O–H groups in total. The van der Waals surface area contributed by atoms with Crippen LogP contribution in [0.15, 0.2) is 24.3 Å². The minimum absolute atomic E-state index is 0.0104. The second kappa shape index (κ2) is 15.2. The Bertz CT molecular complexity index is 1370. The van der Waals surface area contributed by atoms with E-state index in [2.05, 4.69) is 10.3 Å². The van der Waals surface area contributed by atoms with E-state index in [-0.39, 0.29) is 62.6 Å². The van der Waals surface area contributed by atoms with Crippen molar-refractivity contribution in [2.24, 2.45) is 0 Å². The fourth-order valence-corrected chi connectivity index (χ4v) is 5.07. The molecule has 3 heterocycles. The van der Waals surface area contributed by atoms with E-state index in [4.69, 9.17) is 9.47 Å². The first-order valence-corrected chi connectivity index (χ1v) is 15.0. The molecule has 2 fully saturated rings. The van der Waals surface area contributed by atoms with E-state index in [1.54, 1.807) is 21.9 Å². The number of nitrogens with zero attached hydrogens (tertiary/aromatic N) is 5. The monoisotopic (exact) mass is 636 g/mol. The Labute approximate surface area is 259 Å². The van der Waals surface area contributed by atoms with Gasteiger partial charge in [-0.25, -0.2) is 9.78 Å². The van der Waals surface area contributed by atoms with Gasteiger partial charge in [0.15, 0.2) is 6.61 Å². The maximum Gasteiger partial charge on any atom is 0.409 e. The fourth-order valence-electron chi connectivity index (χ4n) is 5.07. The number of hydrogen-bond donors (Lipinski definition) is 1. The molecule has 2 aliphatic rings. The molecule has 1 aromatic heterocycles. The van der Waals surface area contributed by atoms with Crippen molar-refractivity contribution in [3.8, 4) is 5.75 Å². The number of nitrogens with one attached hydrogen (secondary N) is 1. The lowest BCUT2D eigenvalue weighted by atomic mass is 10.1. The zero-order chi connectivity index (χ0) is 32.6. The topological polar surface area (TPSA) is 125 Å². The van der Waals surface area contributed by atoms with Gasteiger partial charge in [0.05, 0.1) is 25.2 Å². The average molecular weight is 637 g/mol. The molecule has 2 aromatic rings. The Balaban J connectivity index is 1.32. The molecule has 0 saturated carbocycles. The number of carbonyl (C=O) groups excluding carboxylic acids is 4. The van der Waals surface area contributed by atoms with Gasteiger partial charge in [-0.2, -0.15) is 13.2 Å². The minimum atomic E-state index is -4.30. The Morgan fingerprint density at radius 3 is 2.22 bits per heavy atom. The molecular weight excluding hydrogens is 597 g/mol. The molecule has 246 valence electrons. The van der Waals surface area contributed by atoms with Crippen molar-refractivity contribution in [1.29, 1.82) is 0 Å². The average Bonchev–Trinajstić information content (AvgIpc) is 3.01. The lowest BCUT2D eigenvalue weighted by Crippen LogP contribution is -2.52. The van der Waals surface area contributed by atoms with Gasteiger partial charge in [-0.3, -0.25) is 19.3 Å². The zero-order valence-corrected chi connectivity index (χ0v) is 25.5. The third-order valence-corrected chi connectivity index (χ3v) is 7.65. The Kier molecular flexibility index (Phi) is 11.4. The van der Waals surface area contributed by atoms with Crippen LogP contribution in [-0.4, -0.2) is 133 Å². The molecular formula is C30H39F3N6O6. The number of halogens is 3. The number of aryl methyl sites for hydroxylation is 1. The number of aromatic nitrogens is 1. The molecule has 2 saturated heterocycles. The molecule has 0 unspecified atom stereocenters. The standard InChI is InChI=1S/C30H39F3N6O6/c1-3-4-15-44-29(43)39-13-11-37(12-14-39)26(40)18-34-28(42)24-17-25(22-6-5-21(2)16-23(22)35-24)45-19-27(41)38-9-7-36(8-10-38)20-30(31,32)33/h5-6,16-17H,3-4,7-15,18-20H2,1-2H3,(H,34,42). The maximum atomic E-state index is 13.1. The van der Waals surface area contributed by atoms with E-state index < -0.39 is 24.7 Å². The van der Waals surface area contributed by atoms with Gasteiger partial charge in [0.2, 0.25) is 5.91 Å². The highest BCUT2D eigenvalue weighted by Gasteiger charge is 2.33. The summed E-state index contributed by atoms with van der Waals surface area (Å²) in [5.41, 5.74) is 1.33. The van der Waals surface area contributed by atoms with Crippen molar-refractivity contribution in [2.45, 2.75) is 32.9 Å². The molecule has 0 aliphatic carbocycles. The van der Waals surface area contributed by atoms with E-state index in [0.717, 1.165) is 18.4 Å². The normalized spacial score (nSPS) is 16.1. The van der Waals surface area contributed by atoms with E-state index >= 15 is 0 Å². The quantitative estimate of drug-likeness (QED) is 0.395. The number of fused-ring (bicyclic) bond motifs is 1. The number of piperazine rings is 2. The molecule has 0 bridgehead atoms.